The summed E-state index contributed by atoms with van der Waals surface area (Å²) in [6.07, 6.45) is 4.79. The first-order valence-corrected chi connectivity index (χ1v) is 6.00. The van der Waals surface area contributed by atoms with Gasteiger partial charge in [-0.25, -0.2) is 0 Å². The Morgan fingerprint density at radius 1 is 1.65 bits per heavy atom. The number of pyridine rings is 1. The Bertz CT molecular complexity index is 403. The Kier molecular flexibility index (Phi) is 3.58. The van der Waals surface area contributed by atoms with E-state index in [0.29, 0.717) is 17.4 Å². The molecule has 0 spiro atoms. The lowest BCUT2D eigenvalue weighted by molar-refractivity contribution is 0.0737. The molecular formula is C12H18N4O. The van der Waals surface area contributed by atoms with Crippen molar-refractivity contribution in [3.8, 4) is 0 Å². The van der Waals surface area contributed by atoms with Crippen molar-refractivity contribution in [2.24, 2.45) is 5.84 Å². The van der Waals surface area contributed by atoms with Gasteiger partial charge in [-0.15, -0.1) is 0 Å². The second-order valence-electron chi connectivity index (χ2n) is 4.30. The normalized spacial score (nSPS) is 14.5. The maximum atomic E-state index is 12.3. The Balaban J connectivity index is 2.15. The molecule has 5 nitrogen and oxygen atoms in total. The minimum Gasteiger partial charge on any atom is -0.334 e. The molecule has 0 radical (unpaired) electrons. The fourth-order valence-corrected chi connectivity index (χ4v) is 1.86. The predicted octanol–water partition coefficient (Wildman–Crippen LogP) is 1.38. The van der Waals surface area contributed by atoms with Gasteiger partial charge in [-0.05, 0) is 31.4 Å². The first-order chi connectivity index (χ1) is 8.26. The van der Waals surface area contributed by atoms with Crippen molar-refractivity contribution in [3.05, 3.63) is 24.0 Å². The smallest absolute Gasteiger partial charge is 0.272 e. The molecule has 0 aromatic carbocycles. The van der Waals surface area contributed by atoms with Crippen LogP contribution in [0.1, 0.15) is 36.7 Å². The van der Waals surface area contributed by atoms with Crippen LogP contribution in [0.5, 0.6) is 0 Å². The third-order valence-corrected chi connectivity index (χ3v) is 2.86. The van der Waals surface area contributed by atoms with Crippen LogP contribution in [0.2, 0.25) is 0 Å². The lowest BCUT2D eigenvalue weighted by atomic mass is 10.2. The van der Waals surface area contributed by atoms with Gasteiger partial charge in [0.05, 0.1) is 5.69 Å². The quantitative estimate of drug-likeness (QED) is 0.596. The summed E-state index contributed by atoms with van der Waals surface area (Å²) in [5, 5.41) is 0. The van der Waals surface area contributed by atoms with E-state index in [4.69, 9.17) is 5.84 Å². The van der Waals surface area contributed by atoms with E-state index in [1.807, 2.05) is 4.90 Å². The van der Waals surface area contributed by atoms with Crippen LogP contribution in [0, 0.1) is 0 Å². The van der Waals surface area contributed by atoms with Gasteiger partial charge in [-0.1, -0.05) is 6.92 Å². The summed E-state index contributed by atoms with van der Waals surface area (Å²) in [5.74, 6) is 5.33. The van der Waals surface area contributed by atoms with Gasteiger partial charge >= 0.3 is 0 Å². The second kappa shape index (κ2) is 5.14. The van der Waals surface area contributed by atoms with Crippen LogP contribution < -0.4 is 11.3 Å². The Hall–Kier alpha value is -1.62. The monoisotopic (exact) mass is 234 g/mol. The van der Waals surface area contributed by atoms with Crippen molar-refractivity contribution in [2.45, 2.75) is 32.2 Å². The minimum absolute atomic E-state index is 0.00597. The number of nitrogens with one attached hydrogen (secondary N) is 1. The molecule has 2 rings (SSSR count). The van der Waals surface area contributed by atoms with Crippen LogP contribution in [0.4, 0.5) is 5.69 Å². The highest BCUT2D eigenvalue weighted by Crippen LogP contribution is 2.28. The highest BCUT2D eigenvalue weighted by atomic mass is 16.2. The molecule has 1 aromatic heterocycles. The molecule has 1 aromatic rings. The summed E-state index contributed by atoms with van der Waals surface area (Å²) in [7, 11) is 0. The van der Waals surface area contributed by atoms with Crippen molar-refractivity contribution >= 4 is 11.6 Å². The molecule has 0 unspecified atom stereocenters. The molecule has 1 heterocycles. The van der Waals surface area contributed by atoms with E-state index in [0.717, 1.165) is 25.8 Å². The number of hydrogen-bond donors (Lipinski definition) is 2. The number of nitrogen functional groups attached to an aromatic ring is 1. The SMILES string of the molecule is CCCN(C(=O)c1cc(NN)ccn1)C1CC1. The molecule has 0 atom stereocenters. The molecule has 1 aliphatic rings. The maximum Gasteiger partial charge on any atom is 0.272 e. The van der Waals surface area contributed by atoms with Crippen molar-refractivity contribution in [1.82, 2.24) is 9.88 Å². The van der Waals surface area contributed by atoms with Crippen LogP contribution in [0.25, 0.3) is 0 Å². The van der Waals surface area contributed by atoms with Gasteiger partial charge in [0.1, 0.15) is 5.69 Å². The zero-order valence-corrected chi connectivity index (χ0v) is 10.0. The average molecular weight is 234 g/mol. The molecular weight excluding hydrogens is 216 g/mol. The number of rotatable bonds is 5. The molecule has 1 fully saturated rings. The maximum absolute atomic E-state index is 12.3. The summed E-state index contributed by atoms with van der Waals surface area (Å²) in [5.41, 5.74) is 3.69. The van der Waals surface area contributed by atoms with Gasteiger partial charge in [-0.3, -0.25) is 15.6 Å². The molecule has 3 N–H and O–H groups in total. The molecule has 0 saturated heterocycles. The first kappa shape index (κ1) is 11.9. The minimum atomic E-state index is 0.00597. The number of nitrogens with two attached hydrogens (primary N) is 1. The van der Waals surface area contributed by atoms with E-state index in [9.17, 15) is 4.79 Å². The Labute approximate surface area is 101 Å². The van der Waals surface area contributed by atoms with E-state index < -0.39 is 0 Å². The van der Waals surface area contributed by atoms with Crippen molar-refractivity contribution in [1.29, 1.82) is 0 Å². The van der Waals surface area contributed by atoms with Gasteiger partial charge in [0.2, 0.25) is 0 Å². The second-order valence-corrected chi connectivity index (χ2v) is 4.30. The summed E-state index contributed by atoms with van der Waals surface area (Å²) in [6, 6.07) is 3.84. The van der Waals surface area contributed by atoms with Gasteiger partial charge in [0, 0.05) is 18.8 Å². The number of anilines is 1. The number of carbonyl (C=O) groups is 1. The summed E-state index contributed by atoms with van der Waals surface area (Å²) in [4.78, 5) is 18.3. The summed E-state index contributed by atoms with van der Waals surface area (Å²) < 4.78 is 0. The summed E-state index contributed by atoms with van der Waals surface area (Å²) >= 11 is 0. The van der Waals surface area contributed by atoms with Gasteiger partial charge in [0.15, 0.2) is 0 Å². The van der Waals surface area contributed by atoms with Crippen molar-refractivity contribution in [2.75, 3.05) is 12.0 Å². The number of aromatic nitrogens is 1. The standard InChI is InChI=1S/C12H18N4O/c1-2-7-16(10-3-4-10)12(17)11-8-9(15-13)5-6-14-11/h5-6,8,10H,2-4,7,13H2,1H3,(H,14,15). The van der Waals surface area contributed by atoms with Crippen LogP contribution in [0.3, 0.4) is 0 Å². The van der Waals surface area contributed by atoms with Crippen LogP contribution >= 0.6 is 0 Å². The molecule has 0 aliphatic heterocycles. The molecule has 1 aliphatic carbocycles. The Morgan fingerprint density at radius 2 is 2.41 bits per heavy atom. The fourth-order valence-electron chi connectivity index (χ4n) is 1.86. The summed E-state index contributed by atoms with van der Waals surface area (Å²) in [6.45, 7) is 2.87. The molecule has 0 bridgehead atoms. The largest absolute Gasteiger partial charge is 0.334 e. The van der Waals surface area contributed by atoms with E-state index >= 15 is 0 Å². The highest BCUT2D eigenvalue weighted by molar-refractivity contribution is 5.93. The van der Waals surface area contributed by atoms with E-state index in [2.05, 4.69) is 17.3 Å². The lowest BCUT2D eigenvalue weighted by Gasteiger charge is -2.21. The molecule has 5 heteroatoms. The average Bonchev–Trinajstić information content (AvgIpc) is 3.19. The fraction of sp³-hybridized carbons (Fsp3) is 0.500. The molecule has 17 heavy (non-hydrogen) atoms. The van der Waals surface area contributed by atoms with Gasteiger partial charge < -0.3 is 10.3 Å². The Morgan fingerprint density at radius 3 is 3.00 bits per heavy atom. The van der Waals surface area contributed by atoms with Crippen molar-refractivity contribution in [3.63, 3.8) is 0 Å². The zero-order valence-electron chi connectivity index (χ0n) is 10.0. The topological polar surface area (TPSA) is 71.2 Å². The highest BCUT2D eigenvalue weighted by Gasteiger charge is 2.32. The number of hydrazine groups is 1. The van der Waals surface area contributed by atoms with Crippen LogP contribution in [0.15, 0.2) is 18.3 Å². The molecule has 1 saturated carbocycles. The number of amides is 1. The van der Waals surface area contributed by atoms with Gasteiger partial charge in [-0.2, -0.15) is 0 Å². The van der Waals surface area contributed by atoms with Crippen LogP contribution in [-0.2, 0) is 0 Å². The third-order valence-electron chi connectivity index (χ3n) is 2.86. The molecule has 1 amide bonds. The zero-order chi connectivity index (χ0) is 12.3. The number of nitrogens with zero attached hydrogens (tertiary/aromatic N) is 2. The van der Waals surface area contributed by atoms with E-state index in [1.54, 1.807) is 18.3 Å². The van der Waals surface area contributed by atoms with E-state index in [1.165, 1.54) is 0 Å². The van der Waals surface area contributed by atoms with E-state index in [-0.39, 0.29) is 5.91 Å². The lowest BCUT2D eigenvalue weighted by Crippen LogP contribution is -2.34. The van der Waals surface area contributed by atoms with Crippen LogP contribution in [-0.4, -0.2) is 28.4 Å². The number of carbonyl (C=O) groups excluding carboxylic acids is 1. The first-order valence-electron chi connectivity index (χ1n) is 6.00. The molecule has 92 valence electrons. The van der Waals surface area contributed by atoms with Gasteiger partial charge in [0.25, 0.3) is 5.91 Å². The third kappa shape index (κ3) is 2.74. The number of hydrogen-bond acceptors (Lipinski definition) is 4. The van der Waals surface area contributed by atoms with Crippen molar-refractivity contribution < 1.29 is 4.79 Å². The predicted molar refractivity (Wildman–Crippen MR) is 66.4 cm³/mol.